The molecule has 0 radical (unpaired) electrons. The van der Waals surface area contributed by atoms with Gasteiger partial charge in [-0.1, -0.05) is 30.7 Å². The number of likely N-dealkylation sites (N-methyl/N-ethyl adjacent to an activating group) is 1. The lowest BCUT2D eigenvalue weighted by atomic mass is 10.1. The summed E-state index contributed by atoms with van der Waals surface area (Å²) in [5.74, 6) is 0. The summed E-state index contributed by atoms with van der Waals surface area (Å²) < 4.78 is 0. The van der Waals surface area contributed by atoms with Gasteiger partial charge >= 0.3 is 0 Å². The van der Waals surface area contributed by atoms with E-state index in [1.807, 2.05) is 14.1 Å². The van der Waals surface area contributed by atoms with Gasteiger partial charge in [-0.3, -0.25) is 9.89 Å². The average molecular weight is 229 g/mol. The van der Waals surface area contributed by atoms with Gasteiger partial charge in [0.05, 0.1) is 12.4 Å². The van der Waals surface area contributed by atoms with Gasteiger partial charge in [-0.15, -0.1) is 0 Å². The smallest absolute Gasteiger partial charge is 0.0971 e. The van der Waals surface area contributed by atoms with E-state index in [1.165, 1.54) is 5.70 Å². The van der Waals surface area contributed by atoms with Crippen molar-refractivity contribution in [3.05, 3.63) is 36.1 Å². The third-order valence-corrected chi connectivity index (χ3v) is 2.49. The largest absolute Gasteiger partial charge is 0.378 e. The van der Waals surface area contributed by atoms with E-state index in [2.05, 4.69) is 46.3 Å². The first-order valence-corrected chi connectivity index (χ1v) is 5.58. The first kappa shape index (κ1) is 13.1. The summed E-state index contributed by atoms with van der Waals surface area (Å²) in [7, 11) is 5.78. The zero-order valence-electron chi connectivity index (χ0n) is 10.7. The van der Waals surface area contributed by atoms with Gasteiger partial charge in [0.25, 0.3) is 0 Å². The first-order chi connectivity index (χ1) is 8.19. The number of allylic oxidation sites excluding steroid dienone is 3. The Morgan fingerprint density at radius 1 is 1.47 bits per heavy atom. The molecule has 0 heterocycles. The van der Waals surface area contributed by atoms with Gasteiger partial charge in [0, 0.05) is 32.9 Å². The molecular formula is C14H19N3. The van der Waals surface area contributed by atoms with E-state index in [0.29, 0.717) is 0 Å². The molecule has 17 heavy (non-hydrogen) atoms. The molecule has 0 N–H and O–H groups in total. The van der Waals surface area contributed by atoms with Gasteiger partial charge in [0.15, 0.2) is 0 Å². The van der Waals surface area contributed by atoms with Crippen molar-refractivity contribution in [3.63, 3.8) is 0 Å². The molecule has 1 aliphatic rings. The van der Waals surface area contributed by atoms with Gasteiger partial charge < -0.3 is 4.90 Å². The quantitative estimate of drug-likeness (QED) is 0.242. The summed E-state index contributed by atoms with van der Waals surface area (Å²) in [5.41, 5.74) is 1.18. The van der Waals surface area contributed by atoms with Crippen molar-refractivity contribution in [2.24, 2.45) is 4.99 Å². The molecule has 1 atom stereocenters. The average Bonchev–Trinajstić information content (AvgIpc) is 2.26. The third kappa shape index (κ3) is 3.84. The zero-order chi connectivity index (χ0) is 12.7. The molecule has 0 aromatic heterocycles. The van der Waals surface area contributed by atoms with Crippen LogP contribution in [0.1, 0.15) is 6.42 Å². The molecule has 0 saturated heterocycles. The third-order valence-electron chi connectivity index (χ3n) is 2.49. The van der Waals surface area contributed by atoms with E-state index in [0.717, 1.165) is 6.42 Å². The van der Waals surface area contributed by atoms with Gasteiger partial charge in [-0.05, 0) is 12.5 Å². The highest BCUT2D eigenvalue weighted by Gasteiger charge is 2.08. The fraction of sp³-hybridized carbons (Fsp3) is 0.357. The molecule has 1 unspecified atom stereocenters. The van der Waals surface area contributed by atoms with Crippen molar-refractivity contribution in [1.29, 1.82) is 0 Å². The summed E-state index contributed by atoms with van der Waals surface area (Å²) in [6.45, 7) is 0. The maximum atomic E-state index is 5.47. The molecule has 0 fully saturated rings. The van der Waals surface area contributed by atoms with Crippen LogP contribution < -0.4 is 0 Å². The van der Waals surface area contributed by atoms with Crippen LogP contribution in [0, 0.1) is 12.5 Å². The second-order valence-corrected chi connectivity index (χ2v) is 3.95. The van der Waals surface area contributed by atoms with Gasteiger partial charge in [0.1, 0.15) is 0 Å². The number of hydrogen-bond donors (Lipinski definition) is 0. The molecule has 0 saturated carbocycles. The lowest BCUT2D eigenvalue weighted by molar-refractivity contribution is 0.523. The minimum atomic E-state index is 0.0624. The van der Waals surface area contributed by atoms with Gasteiger partial charge in [0.2, 0.25) is 0 Å². The van der Waals surface area contributed by atoms with Crippen LogP contribution in [-0.2, 0) is 0 Å². The summed E-state index contributed by atoms with van der Waals surface area (Å²) >= 11 is 0. The predicted molar refractivity (Wildman–Crippen MR) is 73.5 cm³/mol. The summed E-state index contributed by atoms with van der Waals surface area (Å²) in [6.07, 6.45) is 18.6. The van der Waals surface area contributed by atoms with Crippen LogP contribution in [0.3, 0.4) is 0 Å². The Morgan fingerprint density at radius 3 is 2.82 bits per heavy atom. The van der Waals surface area contributed by atoms with Crippen LogP contribution in [0.2, 0.25) is 0 Å². The van der Waals surface area contributed by atoms with Crippen molar-refractivity contribution in [3.8, 4) is 12.5 Å². The van der Waals surface area contributed by atoms with E-state index in [4.69, 9.17) is 6.42 Å². The molecular weight excluding hydrogens is 210 g/mol. The lowest BCUT2D eigenvalue weighted by Crippen LogP contribution is -2.27. The maximum Gasteiger partial charge on any atom is 0.0971 e. The topological polar surface area (TPSA) is 18.8 Å². The number of aliphatic imine (C=N–C) groups is 1. The molecule has 90 valence electrons. The van der Waals surface area contributed by atoms with Gasteiger partial charge in [-0.25, -0.2) is 0 Å². The van der Waals surface area contributed by atoms with E-state index < -0.39 is 0 Å². The van der Waals surface area contributed by atoms with Crippen molar-refractivity contribution in [2.45, 2.75) is 12.5 Å². The van der Waals surface area contributed by atoms with E-state index in [1.54, 1.807) is 18.3 Å². The minimum Gasteiger partial charge on any atom is -0.378 e. The van der Waals surface area contributed by atoms with Crippen LogP contribution in [0.25, 0.3) is 0 Å². The SMILES string of the molecule is C#CN(/C=N\C)C1C=CC/C=C(N(C)C)\C=C/1. The number of rotatable bonds is 3. The molecule has 1 rings (SSSR count). The molecule has 3 nitrogen and oxygen atoms in total. The normalized spacial score (nSPS) is 24.4. The highest BCUT2D eigenvalue weighted by atomic mass is 15.1. The second-order valence-electron chi connectivity index (χ2n) is 3.95. The molecule has 0 spiro atoms. The summed E-state index contributed by atoms with van der Waals surface area (Å²) in [5, 5.41) is 0. The van der Waals surface area contributed by atoms with Crippen molar-refractivity contribution >= 4 is 6.34 Å². The van der Waals surface area contributed by atoms with Gasteiger partial charge in [-0.2, -0.15) is 0 Å². The summed E-state index contributed by atoms with van der Waals surface area (Å²) in [4.78, 5) is 7.78. The predicted octanol–water partition coefficient (Wildman–Crippen LogP) is 1.87. The standard InChI is InChI=1S/C14H19N3/c1-5-17(12-15-2)14-9-7-6-8-13(10-11-14)16(3)4/h1,7-12,14H,6H2,2-4H3/b9-7?,11-10-,13-8+,15-12-. The maximum absolute atomic E-state index is 5.47. The molecule has 0 aromatic carbocycles. The Morgan fingerprint density at radius 2 is 2.24 bits per heavy atom. The Balaban J connectivity index is 2.90. The zero-order valence-corrected chi connectivity index (χ0v) is 10.7. The van der Waals surface area contributed by atoms with Crippen LogP contribution in [0.5, 0.6) is 0 Å². The van der Waals surface area contributed by atoms with Crippen molar-refractivity contribution in [2.75, 3.05) is 21.1 Å². The Labute approximate surface area is 104 Å². The monoisotopic (exact) mass is 229 g/mol. The van der Waals surface area contributed by atoms with Crippen molar-refractivity contribution < 1.29 is 0 Å². The molecule has 0 amide bonds. The van der Waals surface area contributed by atoms with E-state index >= 15 is 0 Å². The molecule has 0 bridgehead atoms. The Bertz CT molecular complexity index is 394. The molecule has 3 heteroatoms. The highest BCUT2D eigenvalue weighted by molar-refractivity contribution is 5.59. The van der Waals surface area contributed by atoms with Crippen molar-refractivity contribution in [1.82, 2.24) is 9.80 Å². The van der Waals surface area contributed by atoms with Crippen LogP contribution in [-0.4, -0.2) is 43.3 Å². The Kier molecular flexibility index (Phi) is 5.09. The highest BCUT2D eigenvalue weighted by Crippen LogP contribution is 2.10. The van der Waals surface area contributed by atoms with E-state index in [9.17, 15) is 0 Å². The van der Waals surface area contributed by atoms with E-state index in [-0.39, 0.29) is 6.04 Å². The lowest BCUT2D eigenvalue weighted by Gasteiger charge is -2.21. The van der Waals surface area contributed by atoms with Crippen LogP contribution in [0.15, 0.2) is 41.1 Å². The number of nitrogens with zero attached hydrogens (tertiary/aromatic N) is 3. The fourth-order valence-corrected chi connectivity index (χ4v) is 1.57. The second kappa shape index (κ2) is 6.59. The Hall–Kier alpha value is -1.95. The molecule has 1 aliphatic carbocycles. The number of terminal acetylenes is 1. The van der Waals surface area contributed by atoms with Crippen LogP contribution >= 0.6 is 0 Å². The fourth-order valence-electron chi connectivity index (χ4n) is 1.57. The first-order valence-electron chi connectivity index (χ1n) is 5.58. The summed E-state index contributed by atoms with van der Waals surface area (Å²) in [6, 6.07) is 2.68. The minimum absolute atomic E-state index is 0.0624. The molecule has 0 aromatic rings. The number of hydrogen-bond acceptors (Lipinski definition) is 2. The molecule has 0 aliphatic heterocycles. The van der Waals surface area contributed by atoms with Crippen LogP contribution in [0.4, 0.5) is 0 Å².